The number of nitrogens with two attached hydrogens (primary N) is 1. The van der Waals surface area contributed by atoms with Gasteiger partial charge >= 0.3 is 0 Å². The van der Waals surface area contributed by atoms with E-state index in [0.717, 1.165) is 43.4 Å². The molecule has 2 aliphatic rings. The molecule has 1 fully saturated rings. The second-order valence-corrected chi connectivity index (χ2v) is 8.37. The van der Waals surface area contributed by atoms with Gasteiger partial charge in [-0.05, 0) is 74.4 Å². The number of halogens is 1. The number of likely N-dealkylation sites (tertiary alicyclic amines) is 1. The molecule has 30 heavy (non-hydrogen) atoms. The number of hydrogen-bond acceptors (Lipinski definition) is 3. The summed E-state index contributed by atoms with van der Waals surface area (Å²) < 4.78 is 0. The molecule has 2 unspecified atom stereocenters. The summed E-state index contributed by atoms with van der Waals surface area (Å²) in [7, 11) is 0. The molecule has 0 radical (unpaired) electrons. The second-order valence-electron chi connectivity index (χ2n) is 8.37. The van der Waals surface area contributed by atoms with Crippen LogP contribution in [0.15, 0.2) is 42.5 Å². The summed E-state index contributed by atoms with van der Waals surface area (Å²) in [5, 5.41) is 3.25. The van der Waals surface area contributed by atoms with Crippen molar-refractivity contribution in [3.05, 3.63) is 64.7 Å². The molecule has 0 spiro atoms. The zero-order valence-corrected chi connectivity index (χ0v) is 18.2. The maximum Gasteiger partial charge on any atom is 0.253 e. The predicted molar refractivity (Wildman–Crippen MR) is 122 cm³/mol. The standard InChI is InChI=1S/C24H29N3O2.ClH/c1-16-7-9-17(10-8-16)24(29)27-13-3-5-19(15-27)23(28)26-22-6-2-4-18-14-20(25)11-12-21(18)22;/h7-12,14,19,22H,2-6,13,15,25H2,1H3,(H,26,28);1H. The number of piperidine rings is 1. The van der Waals surface area contributed by atoms with E-state index in [1.807, 2.05) is 54.3 Å². The Morgan fingerprint density at radius 2 is 1.83 bits per heavy atom. The smallest absolute Gasteiger partial charge is 0.253 e. The molecule has 2 atom stereocenters. The lowest BCUT2D eigenvalue weighted by atomic mass is 9.86. The van der Waals surface area contributed by atoms with Crippen molar-refractivity contribution in [2.75, 3.05) is 18.8 Å². The molecule has 2 amide bonds. The highest BCUT2D eigenvalue weighted by Crippen LogP contribution is 2.31. The normalized spacial score (nSPS) is 20.6. The van der Waals surface area contributed by atoms with Crippen LogP contribution in [0.25, 0.3) is 0 Å². The van der Waals surface area contributed by atoms with Gasteiger partial charge in [-0.25, -0.2) is 0 Å². The summed E-state index contributed by atoms with van der Waals surface area (Å²) in [4.78, 5) is 27.7. The molecule has 160 valence electrons. The quantitative estimate of drug-likeness (QED) is 0.725. The van der Waals surface area contributed by atoms with Gasteiger partial charge in [-0.2, -0.15) is 0 Å². The molecule has 3 N–H and O–H groups in total. The molecule has 1 aliphatic carbocycles. The fourth-order valence-corrected chi connectivity index (χ4v) is 4.53. The number of benzene rings is 2. The number of amides is 2. The first-order valence-corrected chi connectivity index (χ1v) is 10.6. The molecule has 6 heteroatoms. The minimum absolute atomic E-state index is 0. The first-order valence-electron chi connectivity index (χ1n) is 10.6. The Morgan fingerprint density at radius 1 is 1.07 bits per heavy atom. The molecular weight excluding hydrogens is 398 g/mol. The van der Waals surface area contributed by atoms with E-state index >= 15 is 0 Å². The number of nitrogen functional groups attached to an aromatic ring is 1. The fourth-order valence-electron chi connectivity index (χ4n) is 4.53. The van der Waals surface area contributed by atoms with Gasteiger partial charge in [0.05, 0.1) is 12.0 Å². The highest BCUT2D eigenvalue weighted by Gasteiger charge is 2.31. The SMILES string of the molecule is Cc1ccc(C(=O)N2CCCC(C(=O)NC3CCCc4cc(N)ccc43)C2)cc1.Cl. The Hall–Kier alpha value is -2.53. The van der Waals surface area contributed by atoms with Crippen molar-refractivity contribution in [1.29, 1.82) is 0 Å². The largest absolute Gasteiger partial charge is 0.399 e. The van der Waals surface area contributed by atoms with Crippen LogP contribution in [0.4, 0.5) is 5.69 Å². The van der Waals surface area contributed by atoms with Crippen molar-refractivity contribution in [3.63, 3.8) is 0 Å². The minimum Gasteiger partial charge on any atom is -0.399 e. The fraction of sp³-hybridized carbons (Fsp3) is 0.417. The minimum atomic E-state index is -0.155. The molecule has 0 saturated carbocycles. The summed E-state index contributed by atoms with van der Waals surface area (Å²) in [6.07, 6.45) is 4.68. The van der Waals surface area contributed by atoms with Crippen LogP contribution < -0.4 is 11.1 Å². The van der Waals surface area contributed by atoms with Crippen LogP contribution in [0.1, 0.15) is 58.8 Å². The summed E-state index contributed by atoms with van der Waals surface area (Å²) in [5.74, 6) is -0.0839. The van der Waals surface area contributed by atoms with Crippen LogP contribution in [0, 0.1) is 12.8 Å². The Kier molecular flexibility index (Phi) is 7.03. The molecular formula is C24H30ClN3O2. The first kappa shape index (κ1) is 22.2. The summed E-state index contributed by atoms with van der Waals surface area (Å²) >= 11 is 0. The van der Waals surface area contributed by atoms with Gasteiger partial charge in [0.15, 0.2) is 0 Å². The number of carbonyl (C=O) groups excluding carboxylic acids is 2. The van der Waals surface area contributed by atoms with Gasteiger partial charge in [0, 0.05) is 24.3 Å². The van der Waals surface area contributed by atoms with Crippen molar-refractivity contribution < 1.29 is 9.59 Å². The number of rotatable bonds is 3. The van der Waals surface area contributed by atoms with Crippen molar-refractivity contribution in [2.24, 2.45) is 5.92 Å². The third-order valence-corrected chi connectivity index (χ3v) is 6.18. The van der Waals surface area contributed by atoms with Gasteiger partial charge in [0.25, 0.3) is 5.91 Å². The van der Waals surface area contributed by atoms with E-state index in [9.17, 15) is 9.59 Å². The molecule has 4 rings (SSSR count). The van der Waals surface area contributed by atoms with Gasteiger partial charge in [-0.3, -0.25) is 9.59 Å². The zero-order chi connectivity index (χ0) is 20.4. The van der Waals surface area contributed by atoms with E-state index < -0.39 is 0 Å². The lowest BCUT2D eigenvalue weighted by Gasteiger charge is -2.34. The van der Waals surface area contributed by atoms with Gasteiger partial charge in [0.1, 0.15) is 0 Å². The molecule has 0 aromatic heterocycles. The Morgan fingerprint density at radius 3 is 2.60 bits per heavy atom. The Balaban J connectivity index is 0.00000256. The second kappa shape index (κ2) is 9.52. The van der Waals surface area contributed by atoms with Crippen molar-refractivity contribution >= 4 is 29.9 Å². The van der Waals surface area contributed by atoms with Crippen LogP contribution in [0.3, 0.4) is 0 Å². The van der Waals surface area contributed by atoms with Crippen LogP contribution in [-0.2, 0) is 11.2 Å². The van der Waals surface area contributed by atoms with Crippen LogP contribution in [0.5, 0.6) is 0 Å². The molecule has 5 nitrogen and oxygen atoms in total. The topological polar surface area (TPSA) is 75.4 Å². The predicted octanol–water partition coefficient (Wildman–Crippen LogP) is 4.05. The number of nitrogens with one attached hydrogen (secondary N) is 1. The third-order valence-electron chi connectivity index (χ3n) is 6.18. The number of fused-ring (bicyclic) bond motifs is 1. The summed E-state index contributed by atoms with van der Waals surface area (Å²) in [6.45, 7) is 3.20. The molecule has 0 bridgehead atoms. The number of hydrogen-bond donors (Lipinski definition) is 2. The summed E-state index contributed by atoms with van der Waals surface area (Å²) in [5.41, 5.74) is 10.9. The van der Waals surface area contributed by atoms with E-state index in [4.69, 9.17) is 5.73 Å². The zero-order valence-electron chi connectivity index (χ0n) is 17.4. The number of aryl methyl sites for hydroxylation is 2. The third kappa shape index (κ3) is 4.78. The molecule has 1 saturated heterocycles. The maximum absolute atomic E-state index is 13.0. The van der Waals surface area contributed by atoms with E-state index in [2.05, 4.69) is 5.32 Å². The molecule has 2 aromatic carbocycles. The van der Waals surface area contributed by atoms with Crippen LogP contribution in [-0.4, -0.2) is 29.8 Å². The van der Waals surface area contributed by atoms with Crippen molar-refractivity contribution in [1.82, 2.24) is 10.2 Å². The van der Waals surface area contributed by atoms with Crippen LogP contribution in [0.2, 0.25) is 0 Å². The van der Waals surface area contributed by atoms with E-state index in [0.29, 0.717) is 18.7 Å². The first-order chi connectivity index (χ1) is 14.0. The number of anilines is 1. The van der Waals surface area contributed by atoms with E-state index in [1.54, 1.807) is 0 Å². The Bertz CT molecular complexity index is 913. The lowest BCUT2D eigenvalue weighted by molar-refractivity contribution is -0.127. The van der Waals surface area contributed by atoms with Gasteiger partial charge < -0.3 is 16.0 Å². The Labute approximate surface area is 184 Å². The number of nitrogens with zero attached hydrogens (tertiary/aromatic N) is 1. The highest BCUT2D eigenvalue weighted by atomic mass is 35.5. The van der Waals surface area contributed by atoms with Crippen molar-refractivity contribution in [2.45, 2.75) is 45.1 Å². The van der Waals surface area contributed by atoms with Gasteiger partial charge in [-0.15, -0.1) is 12.4 Å². The van der Waals surface area contributed by atoms with Crippen molar-refractivity contribution in [3.8, 4) is 0 Å². The monoisotopic (exact) mass is 427 g/mol. The highest BCUT2D eigenvalue weighted by molar-refractivity contribution is 5.94. The van der Waals surface area contributed by atoms with E-state index in [-0.39, 0.29) is 36.2 Å². The van der Waals surface area contributed by atoms with Crippen LogP contribution >= 0.6 is 12.4 Å². The van der Waals surface area contributed by atoms with Gasteiger partial charge in [0.2, 0.25) is 5.91 Å². The lowest BCUT2D eigenvalue weighted by Crippen LogP contribution is -2.46. The average Bonchev–Trinajstić information content (AvgIpc) is 2.74. The van der Waals surface area contributed by atoms with E-state index in [1.165, 1.54) is 11.1 Å². The van der Waals surface area contributed by atoms with Gasteiger partial charge in [-0.1, -0.05) is 23.8 Å². The number of carbonyl (C=O) groups is 2. The molecule has 2 aromatic rings. The maximum atomic E-state index is 13.0. The molecule has 1 aliphatic heterocycles. The summed E-state index contributed by atoms with van der Waals surface area (Å²) in [6, 6.07) is 13.7. The average molecular weight is 428 g/mol. The molecule has 1 heterocycles.